The molecule has 0 aliphatic carbocycles. The zero-order valence-corrected chi connectivity index (χ0v) is 12.7. The third-order valence-corrected chi connectivity index (χ3v) is 3.59. The quantitative estimate of drug-likeness (QED) is 0.766. The Hall–Kier alpha value is -1.39. The molecule has 0 fully saturated rings. The van der Waals surface area contributed by atoms with E-state index in [-0.39, 0.29) is 11.8 Å². The monoisotopic (exact) mass is 278 g/mol. The van der Waals surface area contributed by atoms with E-state index in [4.69, 9.17) is 10.5 Å². The number of nitrogens with one attached hydrogen (secondary N) is 1. The van der Waals surface area contributed by atoms with Crippen LogP contribution in [0.2, 0.25) is 0 Å². The van der Waals surface area contributed by atoms with Crippen LogP contribution in [0.15, 0.2) is 24.3 Å². The first-order valence-electron chi connectivity index (χ1n) is 7.27. The van der Waals surface area contributed by atoms with Crippen molar-refractivity contribution in [1.82, 2.24) is 5.32 Å². The molecule has 2 atom stereocenters. The van der Waals surface area contributed by atoms with Gasteiger partial charge in [0.25, 0.3) is 0 Å². The maximum atomic E-state index is 12.0. The van der Waals surface area contributed by atoms with E-state index in [1.165, 1.54) is 0 Å². The van der Waals surface area contributed by atoms with Gasteiger partial charge in [-0.05, 0) is 24.0 Å². The number of ether oxygens (including phenoxy) is 1. The highest BCUT2D eigenvalue weighted by Crippen LogP contribution is 2.11. The molecule has 0 aromatic heterocycles. The molecule has 1 aromatic carbocycles. The van der Waals surface area contributed by atoms with Crippen molar-refractivity contribution >= 4 is 5.91 Å². The molecule has 112 valence electrons. The SMILES string of the molecule is CCOCc1ccccc1CNC(=O)[C@@H](N)[C@@H](C)CC. The molecular weight excluding hydrogens is 252 g/mol. The minimum atomic E-state index is -0.445. The third kappa shape index (κ3) is 4.94. The molecule has 0 unspecified atom stereocenters. The van der Waals surface area contributed by atoms with Crippen LogP contribution in [0.3, 0.4) is 0 Å². The summed E-state index contributed by atoms with van der Waals surface area (Å²) in [5.41, 5.74) is 8.10. The van der Waals surface area contributed by atoms with E-state index in [1.54, 1.807) is 0 Å². The second-order valence-electron chi connectivity index (χ2n) is 5.03. The van der Waals surface area contributed by atoms with Crippen molar-refractivity contribution in [2.45, 2.75) is 46.4 Å². The van der Waals surface area contributed by atoms with E-state index in [1.807, 2.05) is 45.0 Å². The number of carbonyl (C=O) groups is 1. The maximum absolute atomic E-state index is 12.0. The first-order valence-corrected chi connectivity index (χ1v) is 7.27. The van der Waals surface area contributed by atoms with Gasteiger partial charge in [-0.3, -0.25) is 4.79 Å². The summed E-state index contributed by atoms with van der Waals surface area (Å²) in [5.74, 6) is 0.0965. The summed E-state index contributed by atoms with van der Waals surface area (Å²) >= 11 is 0. The summed E-state index contributed by atoms with van der Waals surface area (Å²) in [7, 11) is 0. The van der Waals surface area contributed by atoms with Crippen LogP contribution in [0.5, 0.6) is 0 Å². The highest BCUT2D eigenvalue weighted by molar-refractivity contribution is 5.81. The number of rotatable bonds is 8. The van der Waals surface area contributed by atoms with Gasteiger partial charge in [-0.25, -0.2) is 0 Å². The van der Waals surface area contributed by atoms with Crippen molar-refractivity contribution < 1.29 is 9.53 Å². The fraction of sp³-hybridized carbons (Fsp3) is 0.562. The van der Waals surface area contributed by atoms with Gasteiger partial charge in [0, 0.05) is 13.2 Å². The summed E-state index contributed by atoms with van der Waals surface area (Å²) in [6.07, 6.45) is 0.898. The van der Waals surface area contributed by atoms with Gasteiger partial charge in [-0.2, -0.15) is 0 Å². The van der Waals surface area contributed by atoms with Crippen LogP contribution < -0.4 is 11.1 Å². The number of hydrogen-bond donors (Lipinski definition) is 2. The van der Waals surface area contributed by atoms with Gasteiger partial charge in [0.05, 0.1) is 12.6 Å². The highest BCUT2D eigenvalue weighted by atomic mass is 16.5. The largest absolute Gasteiger partial charge is 0.377 e. The third-order valence-electron chi connectivity index (χ3n) is 3.59. The molecular formula is C16H26N2O2. The summed E-state index contributed by atoms with van der Waals surface area (Å²) in [4.78, 5) is 12.0. The lowest BCUT2D eigenvalue weighted by Gasteiger charge is -2.18. The lowest BCUT2D eigenvalue weighted by molar-refractivity contribution is -0.123. The molecule has 0 aliphatic heterocycles. The zero-order chi connectivity index (χ0) is 15.0. The molecule has 1 amide bonds. The van der Waals surface area contributed by atoms with E-state index in [0.29, 0.717) is 19.8 Å². The molecule has 0 bridgehead atoms. The summed E-state index contributed by atoms with van der Waals surface area (Å²) in [6.45, 7) is 7.74. The van der Waals surface area contributed by atoms with Crippen LogP contribution in [0.4, 0.5) is 0 Å². The van der Waals surface area contributed by atoms with Gasteiger partial charge < -0.3 is 15.8 Å². The van der Waals surface area contributed by atoms with E-state index < -0.39 is 6.04 Å². The first-order chi connectivity index (χ1) is 9.60. The minimum Gasteiger partial charge on any atom is -0.377 e. The van der Waals surface area contributed by atoms with Gasteiger partial charge >= 0.3 is 0 Å². The Morgan fingerprint density at radius 1 is 1.30 bits per heavy atom. The number of nitrogens with two attached hydrogens (primary N) is 1. The van der Waals surface area contributed by atoms with Crippen LogP contribution in [-0.2, 0) is 22.7 Å². The van der Waals surface area contributed by atoms with Crippen molar-refractivity contribution in [2.75, 3.05) is 6.61 Å². The molecule has 0 aliphatic rings. The van der Waals surface area contributed by atoms with E-state index in [9.17, 15) is 4.79 Å². The predicted octanol–water partition coefficient (Wildman–Crippen LogP) is 2.21. The number of benzene rings is 1. The summed E-state index contributed by atoms with van der Waals surface area (Å²) in [6, 6.07) is 7.52. The van der Waals surface area contributed by atoms with Crippen LogP contribution in [0, 0.1) is 5.92 Å². The Kier molecular flexibility index (Phi) is 7.26. The van der Waals surface area contributed by atoms with Gasteiger partial charge in [0.1, 0.15) is 0 Å². The molecule has 0 saturated heterocycles. The van der Waals surface area contributed by atoms with E-state index >= 15 is 0 Å². The van der Waals surface area contributed by atoms with Gasteiger partial charge in [0.15, 0.2) is 0 Å². The molecule has 1 rings (SSSR count). The second kappa shape index (κ2) is 8.72. The van der Waals surface area contributed by atoms with Crippen LogP contribution in [0.1, 0.15) is 38.3 Å². The minimum absolute atomic E-state index is 0.0921. The number of hydrogen-bond acceptors (Lipinski definition) is 3. The van der Waals surface area contributed by atoms with Gasteiger partial charge in [-0.15, -0.1) is 0 Å². The van der Waals surface area contributed by atoms with Crippen molar-refractivity contribution in [3.05, 3.63) is 35.4 Å². The van der Waals surface area contributed by atoms with Crippen molar-refractivity contribution in [1.29, 1.82) is 0 Å². The molecule has 4 nitrogen and oxygen atoms in total. The summed E-state index contributed by atoms with van der Waals surface area (Å²) < 4.78 is 5.43. The van der Waals surface area contributed by atoms with Crippen LogP contribution in [0.25, 0.3) is 0 Å². The Labute approximate surface area is 121 Å². The Morgan fingerprint density at radius 3 is 2.55 bits per heavy atom. The second-order valence-corrected chi connectivity index (χ2v) is 5.03. The van der Waals surface area contributed by atoms with Crippen molar-refractivity contribution in [2.24, 2.45) is 11.7 Å². The lowest BCUT2D eigenvalue weighted by atomic mass is 9.99. The highest BCUT2D eigenvalue weighted by Gasteiger charge is 2.19. The normalized spacial score (nSPS) is 13.8. The predicted molar refractivity (Wildman–Crippen MR) is 81.0 cm³/mol. The lowest BCUT2D eigenvalue weighted by Crippen LogP contribution is -2.44. The van der Waals surface area contributed by atoms with Crippen molar-refractivity contribution in [3.8, 4) is 0 Å². The van der Waals surface area contributed by atoms with E-state index in [2.05, 4.69) is 5.32 Å². The standard InChI is InChI=1S/C16H26N2O2/c1-4-12(3)15(17)16(19)18-10-13-8-6-7-9-14(13)11-20-5-2/h6-9,12,15H,4-5,10-11,17H2,1-3H3,(H,18,19)/t12-,15-/m0/s1. The molecule has 4 heteroatoms. The molecule has 0 radical (unpaired) electrons. The Bertz CT molecular complexity index is 421. The van der Waals surface area contributed by atoms with Crippen molar-refractivity contribution in [3.63, 3.8) is 0 Å². The van der Waals surface area contributed by atoms with E-state index in [0.717, 1.165) is 17.5 Å². The average Bonchev–Trinajstić information content (AvgIpc) is 2.49. The maximum Gasteiger partial charge on any atom is 0.237 e. The smallest absolute Gasteiger partial charge is 0.237 e. The molecule has 0 saturated carbocycles. The Balaban J connectivity index is 2.58. The van der Waals surface area contributed by atoms with Crippen LogP contribution in [-0.4, -0.2) is 18.6 Å². The number of carbonyl (C=O) groups excluding carboxylic acids is 1. The summed E-state index contributed by atoms with van der Waals surface area (Å²) in [5, 5.41) is 2.91. The van der Waals surface area contributed by atoms with Gasteiger partial charge in [0.2, 0.25) is 5.91 Å². The molecule has 3 N–H and O–H groups in total. The first kappa shape index (κ1) is 16.7. The number of amides is 1. The average molecular weight is 278 g/mol. The molecule has 0 heterocycles. The molecule has 0 spiro atoms. The fourth-order valence-electron chi connectivity index (χ4n) is 1.90. The zero-order valence-electron chi connectivity index (χ0n) is 12.7. The Morgan fingerprint density at radius 2 is 1.95 bits per heavy atom. The fourth-order valence-corrected chi connectivity index (χ4v) is 1.90. The molecule has 20 heavy (non-hydrogen) atoms. The van der Waals surface area contributed by atoms with Gasteiger partial charge in [-0.1, -0.05) is 44.5 Å². The van der Waals surface area contributed by atoms with Crippen LogP contribution >= 0.6 is 0 Å². The topological polar surface area (TPSA) is 64.3 Å². The molecule has 1 aromatic rings.